The SMILES string of the molecule is CCCCc1nc(CN[C@@H]2CCO[C@H]2c2c(C)nn(C)c2C)cs1. The zero-order valence-corrected chi connectivity index (χ0v) is 15.9. The van der Waals surface area contributed by atoms with E-state index in [1.54, 1.807) is 11.3 Å². The highest BCUT2D eigenvalue weighted by Crippen LogP contribution is 2.33. The Bertz CT molecular complexity index is 679. The molecule has 3 rings (SSSR count). The Morgan fingerprint density at radius 2 is 2.25 bits per heavy atom. The lowest BCUT2D eigenvalue weighted by atomic mass is 10.0. The van der Waals surface area contributed by atoms with Gasteiger partial charge >= 0.3 is 0 Å². The van der Waals surface area contributed by atoms with Crippen molar-refractivity contribution in [2.75, 3.05) is 6.61 Å². The molecule has 1 N–H and O–H groups in total. The molecule has 2 aromatic rings. The maximum atomic E-state index is 6.04. The van der Waals surface area contributed by atoms with Gasteiger partial charge in [0, 0.05) is 42.9 Å². The average molecular weight is 349 g/mol. The smallest absolute Gasteiger partial charge is 0.101 e. The molecule has 0 spiro atoms. The number of hydrogen-bond donors (Lipinski definition) is 1. The van der Waals surface area contributed by atoms with Gasteiger partial charge in [-0.25, -0.2) is 4.98 Å². The summed E-state index contributed by atoms with van der Waals surface area (Å²) in [5.41, 5.74) is 4.66. The van der Waals surface area contributed by atoms with E-state index in [1.165, 1.54) is 29.1 Å². The summed E-state index contributed by atoms with van der Waals surface area (Å²) in [5.74, 6) is 0. The van der Waals surface area contributed by atoms with Crippen molar-refractivity contribution in [1.29, 1.82) is 0 Å². The second-order valence-electron chi connectivity index (χ2n) is 6.61. The van der Waals surface area contributed by atoms with E-state index >= 15 is 0 Å². The Morgan fingerprint density at radius 3 is 2.96 bits per heavy atom. The lowest BCUT2D eigenvalue weighted by Crippen LogP contribution is -2.31. The van der Waals surface area contributed by atoms with Gasteiger partial charge in [0.1, 0.15) is 6.10 Å². The van der Waals surface area contributed by atoms with Crippen LogP contribution in [0.3, 0.4) is 0 Å². The van der Waals surface area contributed by atoms with Gasteiger partial charge < -0.3 is 10.1 Å². The van der Waals surface area contributed by atoms with Crippen LogP contribution in [0.15, 0.2) is 5.38 Å². The van der Waals surface area contributed by atoms with Crippen molar-refractivity contribution in [3.8, 4) is 0 Å². The maximum absolute atomic E-state index is 6.04. The summed E-state index contributed by atoms with van der Waals surface area (Å²) in [6, 6.07) is 0.326. The lowest BCUT2D eigenvalue weighted by Gasteiger charge is -2.20. The Balaban J connectivity index is 1.63. The molecule has 3 heterocycles. The quantitative estimate of drug-likeness (QED) is 0.832. The molecule has 2 atom stereocenters. The number of hydrogen-bond acceptors (Lipinski definition) is 5. The molecule has 1 aliphatic rings. The number of thiazole rings is 1. The topological polar surface area (TPSA) is 52.0 Å². The molecule has 0 unspecified atom stereocenters. The number of nitrogens with zero attached hydrogens (tertiary/aromatic N) is 3. The van der Waals surface area contributed by atoms with E-state index in [2.05, 4.69) is 36.6 Å². The fraction of sp³-hybridized carbons (Fsp3) is 0.667. The minimum atomic E-state index is 0.0943. The van der Waals surface area contributed by atoms with Gasteiger partial charge in [0.2, 0.25) is 0 Å². The summed E-state index contributed by atoms with van der Waals surface area (Å²) < 4.78 is 7.99. The molecule has 2 aromatic heterocycles. The van der Waals surface area contributed by atoms with Crippen LogP contribution in [0.25, 0.3) is 0 Å². The molecule has 1 aliphatic heterocycles. The zero-order chi connectivity index (χ0) is 17.1. The normalized spacial score (nSPS) is 20.8. The molecular weight excluding hydrogens is 320 g/mol. The Labute approximate surface area is 148 Å². The highest BCUT2D eigenvalue weighted by molar-refractivity contribution is 7.09. The monoisotopic (exact) mass is 348 g/mol. The van der Waals surface area contributed by atoms with Gasteiger partial charge in [-0.05, 0) is 33.1 Å². The summed E-state index contributed by atoms with van der Waals surface area (Å²) in [5, 5.41) is 11.6. The molecule has 0 aromatic carbocycles. The van der Waals surface area contributed by atoms with Crippen molar-refractivity contribution in [3.05, 3.63) is 33.0 Å². The predicted molar refractivity (Wildman–Crippen MR) is 97.3 cm³/mol. The van der Waals surface area contributed by atoms with Crippen molar-refractivity contribution in [2.24, 2.45) is 7.05 Å². The van der Waals surface area contributed by atoms with Crippen LogP contribution in [-0.4, -0.2) is 27.4 Å². The molecule has 132 valence electrons. The van der Waals surface area contributed by atoms with Gasteiger partial charge in [0.15, 0.2) is 0 Å². The minimum Gasteiger partial charge on any atom is -0.372 e. The number of nitrogens with one attached hydrogen (secondary N) is 1. The van der Waals surface area contributed by atoms with E-state index in [-0.39, 0.29) is 6.10 Å². The summed E-state index contributed by atoms with van der Waals surface area (Å²) in [4.78, 5) is 4.74. The second-order valence-corrected chi connectivity index (χ2v) is 7.55. The Hall–Kier alpha value is -1.24. The molecule has 24 heavy (non-hydrogen) atoms. The molecule has 1 fully saturated rings. The average Bonchev–Trinajstić information content (AvgIpc) is 3.24. The van der Waals surface area contributed by atoms with E-state index in [1.807, 2.05) is 11.7 Å². The summed E-state index contributed by atoms with van der Waals surface area (Å²) >= 11 is 1.78. The molecule has 5 nitrogen and oxygen atoms in total. The third-order valence-corrected chi connectivity index (χ3v) is 5.79. The number of unbranched alkanes of at least 4 members (excludes halogenated alkanes) is 1. The van der Waals surface area contributed by atoms with E-state index < -0.39 is 0 Å². The minimum absolute atomic E-state index is 0.0943. The molecule has 0 radical (unpaired) electrons. The van der Waals surface area contributed by atoms with E-state index in [9.17, 15) is 0 Å². The van der Waals surface area contributed by atoms with E-state index in [0.717, 1.165) is 37.4 Å². The first-order chi connectivity index (χ1) is 11.6. The van der Waals surface area contributed by atoms with Crippen LogP contribution in [0, 0.1) is 13.8 Å². The van der Waals surface area contributed by atoms with Crippen molar-refractivity contribution in [3.63, 3.8) is 0 Å². The number of rotatable bonds is 7. The van der Waals surface area contributed by atoms with E-state index in [4.69, 9.17) is 9.72 Å². The molecule has 6 heteroatoms. The maximum Gasteiger partial charge on any atom is 0.101 e. The van der Waals surface area contributed by atoms with Gasteiger partial charge in [0.05, 0.1) is 16.4 Å². The molecule has 1 saturated heterocycles. The van der Waals surface area contributed by atoms with Crippen LogP contribution in [0.1, 0.15) is 59.9 Å². The standard InChI is InChI=1S/C18H28N4OS/c1-5-6-7-16-20-14(11-24-16)10-19-15-8-9-23-18(15)17-12(2)21-22(4)13(17)3/h11,15,18-19H,5-10H2,1-4H3/t15-,18-/m1/s1. The first kappa shape index (κ1) is 17.6. The van der Waals surface area contributed by atoms with Crippen LogP contribution in [0.4, 0.5) is 0 Å². The van der Waals surface area contributed by atoms with Gasteiger partial charge in [-0.3, -0.25) is 4.68 Å². The highest BCUT2D eigenvalue weighted by atomic mass is 32.1. The summed E-state index contributed by atoms with van der Waals surface area (Å²) in [6.45, 7) is 8.02. The first-order valence-electron chi connectivity index (χ1n) is 8.88. The lowest BCUT2D eigenvalue weighted by molar-refractivity contribution is 0.0973. The Kier molecular flexibility index (Phi) is 5.69. The van der Waals surface area contributed by atoms with Crippen molar-refractivity contribution < 1.29 is 4.74 Å². The summed E-state index contributed by atoms with van der Waals surface area (Å²) in [6.07, 6.45) is 4.67. The van der Waals surface area contributed by atoms with Crippen LogP contribution >= 0.6 is 11.3 Å². The highest BCUT2D eigenvalue weighted by Gasteiger charge is 2.33. The van der Waals surface area contributed by atoms with Crippen LogP contribution in [0.5, 0.6) is 0 Å². The Morgan fingerprint density at radius 1 is 1.42 bits per heavy atom. The fourth-order valence-electron chi connectivity index (χ4n) is 3.39. The fourth-order valence-corrected chi connectivity index (χ4v) is 4.23. The second kappa shape index (κ2) is 7.76. The van der Waals surface area contributed by atoms with Gasteiger partial charge in [-0.2, -0.15) is 5.10 Å². The molecule has 0 amide bonds. The van der Waals surface area contributed by atoms with Crippen LogP contribution in [0.2, 0.25) is 0 Å². The first-order valence-corrected chi connectivity index (χ1v) is 9.76. The van der Waals surface area contributed by atoms with E-state index in [0.29, 0.717) is 6.04 Å². The van der Waals surface area contributed by atoms with Gasteiger partial charge in [-0.15, -0.1) is 11.3 Å². The molecule has 0 saturated carbocycles. The third-order valence-electron chi connectivity index (χ3n) is 4.83. The zero-order valence-electron chi connectivity index (χ0n) is 15.1. The number of aromatic nitrogens is 3. The largest absolute Gasteiger partial charge is 0.372 e. The van der Waals surface area contributed by atoms with Gasteiger partial charge in [0.25, 0.3) is 0 Å². The molecule has 0 aliphatic carbocycles. The third kappa shape index (κ3) is 3.71. The van der Waals surface area contributed by atoms with Crippen molar-refractivity contribution in [1.82, 2.24) is 20.1 Å². The molecule has 0 bridgehead atoms. The molecular formula is C18H28N4OS. The van der Waals surface area contributed by atoms with Gasteiger partial charge in [-0.1, -0.05) is 13.3 Å². The van der Waals surface area contributed by atoms with Crippen LogP contribution < -0.4 is 5.32 Å². The van der Waals surface area contributed by atoms with Crippen molar-refractivity contribution in [2.45, 2.75) is 65.1 Å². The summed E-state index contributed by atoms with van der Waals surface area (Å²) in [7, 11) is 2.00. The predicted octanol–water partition coefficient (Wildman–Crippen LogP) is 3.46. The van der Waals surface area contributed by atoms with Crippen LogP contribution in [-0.2, 0) is 24.8 Å². The number of ether oxygens (including phenoxy) is 1. The number of aryl methyl sites for hydroxylation is 3. The van der Waals surface area contributed by atoms with Crippen molar-refractivity contribution >= 4 is 11.3 Å².